The molecule has 0 saturated carbocycles. The van der Waals surface area contributed by atoms with Gasteiger partial charge in [-0.25, -0.2) is 0 Å². The Morgan fingerprint density at radius 2 is 2.25 bits per heavy atom. The van der Waals surface area contributed by atoms with Gasteiger partial charge in [-0.05, 0) is 23.6 Å². The summed E-state index contributed by atoms with van der Waals surface area (Å²) in [4.78, 5) is 14.8. The number of aliphatic carboxylic acids is 1. The zero-order valence-electron chi connectivity index (χ0n) is 8.80. The van der Waals surface area contributed by atoms with Crippen LogP contribution in [-0.2, 0) is 11.2 Å². The van der Waals surface area contributed by atoms with E-state index in [2.05, 4.69) is 4.98 Å². The van der Waals surface area contributed by atoms with Crippen molar-refractivity contribution in [1.29, 1.82) is 0 Å². The van der Waals surface area contributed by atoms with E-state index in [1.807, 2.05) is 6.07 Å². The van der Waals surface area contributed by atoms with Crippen LogP contribution in [0.5, 0.6) is 5.75 Å². The van der Waals surface area contributed by atoms with Crippen molar-refractivity contribution in [2.45, 2.75) is 6.42 Å². The third kappa shape index (κ3) is 1.82. The van der Waals surface area contributed by atoms with E-state index in [0.29, 0.717) is 11.3 Å². The minimum atomic E-state index is -0.873. The molecule has 4 nitrogen and oxygen atoms in total. The van der Waals surface area contributed by atoms with Crippen molar-refractivity contribution < 1.29 is 14.6 Å². The molecule has 0 bridgehead atoms. The van der Waals surface area contributed by atoms with Crippen LogP contribution >= 0.6 is 0 Å². The molecule has 0 saturated heterocycles. The lowest BCUT2D eigenvalue weighted by Gasteiger charge is -2.09. The van der Waals surface area contributed by atoms with Crippen LogP contribution in [0.15, 0.2) is 30.6 Å². The van der Waals surface area contributed by atoms with Crippen LogP contribution in [0.1, 0.15) is 5.56 Å². The van der Waals surface area contributed by atoms with E-state index < -0.39 is 5.97 Å². The van der Waals surface area contributed by atoms with Gasteiger partial charge in [-0.1, -0.05) is 0 Å². The van der Waals surface area contributed by atoms with Gasteiger partial charge < -0.3 is 9.84 Å². The second kappa shape index (κ2) is 4.18. The van der Waals surface area contributed by atoms with Gasteiger partial charge in [0.2, 0.25) is 0 Å². The molecule has 0 aliphatic rings. The SMILES string of the molecule is COc1ccc2cnccc2c1CC(=O)O. The van der Waals surface area contributed by atoms with Gasteiger partial charge >= 0.3 is 5.97 Å². The number of fused-ring (bicyclic) bond motifs is 1. The second-order valence-corrected chi connectivity index (χ2v) is 3.41. The van der Waals surface area contributed by atoms with E-state index in [0.717, 1.165) is 10.8 Å². The molecule has 0 aliphatic heterocycles. The molecule has 16 heavy (non-hydrogen) atoms. The number of methoxy groups -OCH3 is 1. The number of rotatable bonds is 3. The summed E-state index contributed by atoms with van der Waals surface area (Å²) in [5.41, 5.74) is 0.690. The van der Waals surface area contributed by atoms with Crippen LogP contribution in [0.25, 0.3) is 10.8 Å². The van der Waals surface area contributed by atoms with Crippen molar-refractivity contribution in [3.05, 3.63) is 36.2 Å². The summed E-state index contributed by atoms with van der Waals surface area (Å²) >= 11 is 0. The van der Waals surface area contributed by atoms with Gasteiger partial charge in [0.25, 0.3) is 0 Å². The predicted molar refractivity (Wildman–Crippen MR) is 59.6 cm³/mol. The lowest BCUT2D eigenvalue weighted by atomic mass is 10.0. The van der Waals surface area contributed by atoms with Crippen LogP contribution in [0, 0.1) is 0 Å². The summed E-state index contributed by atoms with van der Waals surface area (Å²) in [6.45, 7) is 0. The normalized spacial score (nSPS) is 10.3. The lowest BCUT2D eigenvalue weighted by molar-refractivity contribution is -0.136. The fourth-order valence-corrected chi connectivity index (χ4v) is 1.74. The maximum atomic E-state index is 10.8. The highest BCUT2D eigenvalue weighted by Gasteiger charge is 2.11. The topological polar surface area (TPSA) is 59.4 Å². The zero-order chi connectivity index (χ0) is 11.5. The summed E-state index contributed by atoms with van der Waals surface area (Å²) in [7, 11) is 1.54. The highest BCUT2D eigenvalue weighted by molar-refractivity contribution is 5.90. The summed E-state index contributed by atoms with van der Waals surface area (Å²) in [5.74, 6) is -0.274. The molecule has 4 heteroatoms. The van der Waals surface area contributed by atoms with Gasteiger partial charge in [0.15, 0.2) is 0 Å². The summed E-state index contributed by atoms with van der Waals surface area (Å²) in [6, 6.07) is 5.44. The van der Waals surface area contributed by atoms with E-state index in [-0.39, 0.29) is 6.42 Å². The number of benzene rings is 1. The molecule has 2 aromatic rings. The Balaban J connectivity index is 2.67. The highest BCUT2D eigenvalue weighted by Crippen LogP contribution is 2.27. The second-order valence-electron chi connectivity index (χ2n) is 3.41. The minimum absolute atomic E-state index is 0.0511. The Bertz CT molecular complexity index is 537. The lowest BCUT2D eigenvalue weighted by Crippen LogP contribution is -2.03. The molecule has 0 amide bonds. The molecule has 0 atom stereocenters. The molecule has 82 valence electrons. The van der Waals surface area contributed by atoms with Gasteiger partial charge in [-0.3, -0.25) is 9.78 Å². The van der Waals surface area contributed by atoms with Gasteiger partial charge in [0.1, 0.15) is 5.75 Å². The third-order valence-electron chi connectivity index (χ3n) is 2.44. The minimum Gasteiger partial charge on any atom is -0.496 e. The number of hydrogen-bond acceptors (Lipinski definition) is 3. The first-order chi connectivity index (χ1) is 7.72. The standard InChI is InChI=1S/C12H11NO3/c1-16-11-3-2-8-7-13-5-4-9(8)10(11)6-12(14)15/h2-5,7H,6H2,1H3,(H,14,15). The average molecular weight is 217 g/mol. The van der Waals surface area contributed by atoms with Crippen molar-refractivity contribution in [3.8, 4) is 5.75 Å². The van der Waals surface area contributed by atoms with E-state index in [4.69, 9.17) is 9.84 Å². The first kappa shape index (κ1) is 10.4. The number of carboxylic acids is 1. The molecule has 1 aromatic heterocycles. The Kier molecular flexibility index (Phi) is 2.72. The van der Waals surface area contributed by atoms with Crippen LogP contribution in [0.2, 0.25) is 0 Å². The van der Waals surface area contributed by atoms with E-state index in [1.165, 1.54) is 7.11 Å². The molecule has 0 spiro atoms. The smallest absolute Gasteiger partial charge is 0.307 e. The van der Waals surface area contributed by atoms with Crippen molar-refractivity contribution in [2.75, 3.05) is 7.11 Å². The Hall–Kier alpha value is -2.10. The maximum absolute atomic E-state index is 10.8. The molecule has 2 rings (SSSR count). The Morgan fingerprint density at radius 1 is 1.44 bits per heavy atom. The zero-order valence-corrected chi connectivity index (χ0v) is 8.80. The Labute approximate surface area is 92.5 Å². The number of nitrogens with zero attached hydrogens (tertiary/aromatic N) is 1. The average Bonchev–Trinajstić information content (AvgIpc) is 2.29. The quantitative estimate of drug-likeness (QED) is 0.852. The van der Waals surface area contributed by atoms with Crippen LogP contribution in [0.3, 0.4) is 0 Å². The third-order valence-corrected chi connectivity index (χ3v) is 2.44. The van der Waals surface area contributed by atoms with Crippen molar-refractivity contribution in [1.82, 2.24) is 4.98 Å². The van der Waals surface area contributed by atoms with E-state index in [1.54, 1.807) is 24.5 Å². The number of hydrogen-bond donors (Lipinski definition) is 1. The van der Waals surface area contributed by atoms with Crippen LogP contribution < -0.4 is 4.74 Å². The molecule has 0 fully saturated rings. The molecular formula is C12H11NO3. The fourth-order valence-electron chi connectivity index (χ4n) is 1.74. The summed E-state index contributed by atoms with van der Waals surface area (Å²) in [5, 5.41) is 10.7. The van der Waals surface area contributed by atoms with Gasteiger partial charge in [-0.15, -0.1) is 0 Å². The van der Waals surface area contributed by atoms with Crippen molar-refractivity contribution in [3.63, 3.8) is 0 Å². The number of carboxylic acid groups (broad SMARTS) is 1. The van der Waals surface area contributed by atoms with Gasteiger partial charge in [0.05, 0.1) is 13.5 Å². The molecule has 0 aliphatic carbocycles. The first-order valence-corrected chi connectivity index (χ1v) is 4.83. The molecule has 1 N–H and O–H groups in total. The summed E-state index contributed by atoms with van der Waals surface area (Å²) in [6.07, 6.45) is 3.30. The van der Waals surface area contributed by atoms with Crippen LogP contribution in [0.4, 0.5) is 0 Å². The largest absolute Gasteiger partial charge is 0.496 e. The number of aromatic nitrogens is 1. The molecule has 1 aromatic carbocycles. The molecule has 0 radical (unpaired) electrons. The van der Waals surface area contributed by atoms with Gasteiger partial charge in [-0.2, -0.15) is 0 Å². The van der Waals surface area contributed by atoms with E-state index >= 15 is 0 Å². The van der Waals surface area contributed by atoms with Crippen LogP contribution in [-0.4, -0.2) is 23.2 Å². The number of pyridine rings is 1. The number of ether oxygens (including phenoxy) is 1. The fraction of sp³-hybridized carbons (Fsp3) is 0.167. The van der Waals surface area contributed by atoms with E-state index in [9.17, 15) is 4.79 Å². The molecule has 1 heterocycles. The highest BCUT2D eigenvalue weighted by atomic mass is 16.5. The predicted octanol–water partition coefficient (Wildman–Crippen LogP) is 1.87. The first-order valence-electron chi connectivity index (χ1n) is 4.83. The van der Waals surface area contributed by atoms with Crippen molar-refractivity contribution >= 4 is 16.7 Å². The number of carbonyl (C=O) groups is 1. The molecular weight excluding hydrogens is 206 g/mol. The van der Waals surface area contributed by atoms with Crippen molar-refractivity contribution in [2.24, 2.45) is 0 Å². The Morgan fingerprint density at radius 3 is 2.94 bits per heavy atom. The van der Waals surface area contributed by atoms with Gasteiger partial charge in [0, 0.05) is 23.3 Å². The molecule has 0 unspecified atom stereocenters. The monoisotopic (exact) mass is 217 g/mol. The maximum Gasteiger partial charge on any atom is 0.307 e. The summed E-state index contributed by atoms with van der Waals surface area (Å²) < 4.78 is 5.17.